The molecule has 0 fully saturated rings. The molecule has 0 aliphatic rings. The number of carbonyl (C=O) groups excluding carboxylic acids is 1. The van der Waals surface area contributed by atoms with Gasteiger partial charge in [0.1, 0.15) is 16.2 Å². The summed E-state index contributed by atoms with van der Waals surface area (Å²) in [6.45, 7) is 6.13. The van der Waals surface area contributed by atoms with E-state index in [1.165, 1.54) is 22.2 Å². The summed E-state index contributed by atoms with van der Waals surface area (Å²) in [5, 5.41) is 2.70. The molecule has 0 spiro atoms. The fourth-order valence-electron chi connectivity index (χ4n) is 2.95. The number of nitrogens with zero attached hydrogens (tertiary/aromatic N) is 2. The lowest BCUT2D eigenvalue weighted by molar-refractivity contribution is 0.0995. The molecule has 4 rings (SSSR count). The van der Waals surface area contributed by atoms with Gasteiger partial charge in [-0.25, -0.2) is 9.97 Å². The second-order valence-corrected chi connectivity index (χ2v) is 8.55. The van der Waals surface area contributed by atoms with Crippen LogP contribution in [-0.4, -0.2) is 26.0 Å². The minimum Gasteiger partial charge on any atom is -0.360 e. The molecule has 1 unspecified atom stereocenters. The molecule has 6 heteroatoms. The Morgan fingerprint density at radius 1 is 1.24 bits per heavy atom. The highest BCUT2D eigenvalue weighted by atomic mass is 32.2. The van der Waals surface area contributed by atoms with Crippen LogP contribution in [0.25, 0.3) is 21.1 Å². The normalized spacial score (nSPS) is 12.8. The SMILES string of the molecule is Cc1sc2ncnc(SC(C)C(=O)c3c[nH]c4ccccc34)c2c1C. The molecule has 4 nitrogen and oxygen atoms in total. The summed E-state index contributed by atoms with van der Waals surface area (Å²) in [7, 11) is 0. The lowest BCUT2D eigenvalue weighted by atomic mass is 10.1. The van der Waals surface area contributed by atoms with Gasteiger partial charge in [-0.05, 0) is 32.4 Å². The third-order valence-corrected chi connectivity index (χ3v) is 6.66. The monoisotopic (exact) mass is 367 g/mol. The van der Waals surface area contributed by atoms with E-state index in [1.54, 1.807) is 23.9 Å². The number of fused-ring (bicyclic) bond motifs is 2. The molecular formula is C19H17N3OS2. The highest BCUT2D eigenvalue weighted by Crippen LogP contribution is 2.36. The van der Waals surface area contributed by atoms with Crippen molar-refractivity contribution in [1.82, 2.24) is 15.0 Å². The summed E-state index contributed by atoms with van der Waals surface area (Å²) in [5.41, 5.74) is 2.92. The summed E-state index contributed by atoms with van der Waals surface area (Å²) >= 11 is 3.18. The van der Waals surface area contributed by atoms with Crippen molar-refractivity contribution in [3.63, 3.8) is 0 Å². The molecule has 25 heavy (non-hydrogen) atoms. The molecule has 0 bridgehead atoms. The smallest absolute Gasteiger partial charge is 0.178 e. The molecule has 0 amide bonds. The molecular weight excluding hydrogens is 350 g/mol. The number of hydrogen-bond acceptors (Lipinski definition) is 5. The lowest BCUT2D eigenvalue weighted by Gasteiger charge is -2.10. The van der Waals surface area contributed by atoms with E-state index in [9.17, 15) is 4.79 Å². The molecule has 0 saturated heterocycles. The van der Waals surface area contributed by atoms with Gasteiger partial charge in [-0.3, -0.25) is 4.79 Å². The van der Waals surface area contributed by atoms with Gasteiger partial charge in [0.2, 0.25) is 0 Å². The summed E-state index contributed by atoms with van der Waals surface area (Å²) in [5.74, 6) is 0.110. The number of hydrogen-bond donors (Lipinski definition) is 1. The highest BCUT2D eigenvalue weighted by Gasteiger charge is 2.22. The van der Waals surface area contributed by atoms with Crippen LogP contribution in [0.15, 0.2) is 41.8 Å². The average molecular weight is 367 g/mol. The van der Waals surface area contributed by atoms with Crippen LogP contribution < -0.4 is 0 Å². The van der Waals surface area contributed by atoms with E-state index in [0.717, 1.165) is 31.7 Å². The van der Waals surface area contributed by atoms with Crippen molar-refractivity contribution in [1.29, 1.82) is 0 Å². The van der Waals surface area contributed by atoms with Gasteiger partial charge in [0, 0.05) is 32.9 Å². The van der Waals surface area contributed by atoms with Crippen molar-refractivity contribution >= 4 is 50.0 Å². The van der Waals surface area contributed by atoms with E-state index in [1.807, 2.05) is 31.2 Å². The Kier molecular flexibility index (Phi) is 4.09. The van der Waals surface area contributed by atoms with Gasteiger partial charge in [-0.15, -0.1) is 11.3 Å². The number of aromatic amines is 1. The molecule has 0 aliphatic carbocycles. The van der Waals surface area contributed by atoms with Crippen LogP contribution in [0.1, 0.15) is 27.7 Å². The quantitative estimate of drug-likeness (QED) is 0.308. The van der Waals surface area contributed by atoms with Crippen LogP contribution in [0.3, 0.4) is 0 Å². The Morgan fingerprint density at radius 2 is 2.04 bits per heavy atom. The van der Waals surface area contributed by atoms with Gasteiger partial charge in [-0.1, -0.05) is 30.0 Å². The van der Waals surface area contributed by atoms with Gasteiger partial charge >= 0.3 is 0 Å². The Morgan fingerprint density at radius 3 is 2.88 bits per heavy atom. The summed E-state index contributed by atoms with van der Waals surface area (Å²) in [6.07, 6.45) is 3.39. The van der Waals surface area contributed by atoms with Crippen LogP contribution >= 0.6 is 23.1 Å². The molecule has 126 valence electrons. The first-order valence-electron chi connectivity index (χ1n) is 8.04. The number of thiophene rings is 1. The number of H-pyrrole nitrogens is 1. The summed E-state index contributed by atoms with van der Waals surface area (Å²) in [4.78, 5) is 27.2. The molecule has 1 aromatic carbocycles. The number of ketones is 1. The van der Waals surface area contributed by atoms with Crippen molar-refractivity contribution < 1.29 is 4.79 Å². The molecule has 3 aromatic heterocycles. The van der Waals surface area contributed by atoms with Crippen molar-refractivity contribution in [2.75, 3.05) is 0 Å². The van der Waals surface area contributed by atoms with Crippen LogP contribution in [0, 0.1) is 13.8 Å². The van der Waals surface area contributed by atoms with Crippen LogP contribution in [0.5, 0.6) is 0 Å². The number of para-hydroxylation sites is 1. The maximum absolute atomic E-state index is 13.0. The largest absolute Gasteiger partial charge is 0.360 e. The van der Waals surface area contributed by atoms with Gasteiger partial charge in [0.05, 0.1) is 5.25 Å². The number of aromatic nitrogens is 3. The second kappa shape index (κ2) is 6.28. The minimum absolute atomic E-state index is 0.110. The first kappa shape index (κ1) is 16.3. The van der Waals surface area contributed by atoms with E-state index < -0.39 is 0 Å². The first-order valence-corrected chi connectivity index (χ1v) is 9.73. The zero-order valence-electron chi connectivity index (χ0n) is 14.2. The second-order valence-electron chi connectivity index (χ2n) is 6.01. The van der Waals surface area contributed by atoms with E-state index in [4.69, 9.17) is 0 Å². The number of rotatable bonds is 4. The fourth-order valence-corrected chi connectivity index (χ4v) is 5.06. The molecule has 0 radical (unpaired) electrons. The zero-order chi connectivity index (χ0) is 17.6. The summed E-state index contributed by atoms with van der Waals surface area (Å²) in [6, 6.07) is 7.88. The molecule has 0 saturated carbocycles. The van der Waals surface area contributed by atoms with Crippen LogP contribution in [0.2, 0.25) is 0 Å². The number of aryl methyl sites for hydroxylation is 2. The highest BCUT2D eigenvalue weighted by molar-refractivity contribution is 8.00. The van der Waals surface area contributed by atoms with Crippen molar-refractivity contribution in [3.8, 4) is 0 Å². The number of thioether (sulfide) groups is 1. The predicted molar refractivity (Wildman–Crippen MR) is 105 cm³/mol. The number of benzene rings is 1. The first-order chi connectivity index (χ1) is 12.1. The number of carbonyl (C=O) groups is 1. The topological polar surface area (TPSA) is 58.6 Å². The maximum Gasteiger partial charge on any atom is 0.178 e. The number of Topliss-reactive ketones (excluding diaryl/α,β-unsaturated/α-hetero) is 1. The van der Waals surface area contributed by atoms with Crippen molar-refractivity contribution in [2.24, 2.45) is 0 Å². The Hall–Kier alpha value is -2.18. The molecule has 1 atom stereocenters. The molecule has 3 heterocycles. The lowest BCUT2D eigenvalue weighted by Crippen LogP contribution is -2.13. The average Bonchev–Trinajstić information content (AvgIpc) is 3.16. The van der Waals surface area contributed by atoms with E-state index in [2.05, 4.69) is 28.8 Å². The Bertz CT molecular complexity index is 1100. The third kappa shape index (κ3) is 2.75. The van der Waals surface area contributed by atoms with Crippen LogP contribution in [-0.2, 0) is 0 Å². The van der Waals surface area contributed by atoms with Gasteiger partial charge in [-0.2, -0.15) is 0 Å². The van der Waals surface area contributed by atoms with E-state index >= 15 is 0 Å². The van der Waals surface area contributed by atoms with E-state index in [-0.39, 0.29) is 11.0 Å². The molecule has 0 aliphatic heterocycles. The van der Waals surface area contributed by atoms with Gasteiger partial charge in [0.25, 0.3) is 0 Å². The van der Waals surface area contributed by atoms with E-state index in [0.29, 0.717) is 0 Å². The van der Waals surface area contributed by atoms with Crippen LogP contribution in [0.4, 0.5) is 0 Å². The molecule has 4 aromatic rings. The third-order valence-electron chi connectivity index (χ3n) is 4.44. The fraction of sp³-hybridized carbons (Fsp3) is 0.211. The number of nitrogens with one attached hydrogen (secondary N) is 1. The molecule has 1 N–H and O–H groups in total. The predicted octanol–water partition coefficient (Wildman–Crippen LogP) is 5.15. The van der Waals surface area contributed by atoms with Gasteiger partial charge < -0.3 is 4.98 Å². The van der Waals surface area contributed by atoms with Crippen molar-refractivity contribution in [3.05, 3.63) is 52.8 Å². The minimum atomic E-state index is -0.225. The van der Waals surface area contributed by atoms with Crippen molar-refractivity contribution in [2.45, 2.75) is 31.0 Å². The summed E-state index contributed by atoms with van der Waals surface area (Å²) < 4.78 is 0. The Labute approximate surface area is 153 Å². The Balaban J connectivity index is 1.68. The standard InChI is InChI=1S/C19H17N3OS2/c1-10-11(2)24-18-16(10)19(22-9-21-18)25-12(3)17(23)14-8-20-15-7-5-4-6-13(14)15/h4-9,12,20H,1-3H3. The van der Waals surface area contributed by atoms with Gasteiger partial charge in [0.15, 0.2) is 5.78 Å². The zero-order valence-corrected chi connectivity index (χ0v) is 15.8. The maximum atomic E-state index is 13.0.